The zero-order valence-electron chi connectivity index (χ0n) is 23.6. The molecule has 0 saturated carbocycles. The Morgan fingerprint density at radius 1 is 0.909 bits per heavy atom. The Labute approximate surface area is 263 Å². The minimum absolute atomic E-state index is 0.0770. The number of hydrogen-bond acceptors (Lipinski definition) is 9. The number of benzene rings is 3. The maximum atomic E-state index is 13.6. The zero-order chi connectivity index (χ0) is 31.7. The van der Waals surface area contributed by atoms with E-state index >= 15 is 0 Å². The van der Waals surface area contributed by atoms with Crippen LogP contribution in [0.1, 0.15) is 17.1 Å². The van der Waals surface area contributed by atoms with Crippen molar-refractivity contribution >= 4 is 48.1 Å². The van der Waals surface area contributed by atoms with Crippen molar-refractivity contribution in [3.05, 3.63) is 106 Å². The van der Waals surface area contributed by atoms with Gasteiger partial charge in [0.1, 0.15) is 11.5 Å². The Morgan fingerprint density at radius 2 is 1.59 bits per heavy atom. The van der Waals surface area contributed by atoms with E-state index in [0.29, 0.717) is 17.1 Å². The van der Waals surface area contributed by atoms with E-state index in [4.69, 9.17) is 13.9 Å². The number of nitrogens with one attached hydrogen (secondary N) is 2. The van der Waals surface area contributed by atoms with Crippen LogP contribution in [0.5, 0.6) is 11.5 Å². The van der Waals surface area contributed by atoms with Crippen LogP contribution in [-0.4, -0.2) is 54.0 Å². The first kappa shape index (κ1) is 32.9. The van der Waals surface area contributed by atoms with Gasteiger partial charge in [0, 0.05) is 17.1 Å². The lowest BCUT2D eigenvalue weighted by Crippen LogP contribution is -2.39. The average Bonchev–Trinajstić information content (AvgIpc) is 3.48. The Morgan fingerprint density at radius 3 is 2.27 bits per heavy atom. The van der Waals surface area contributed by atoms with Gasteiger partial charge in [0.25, 0.3) is 5.91 Å². The number of carbonyl (C=O) groups excluding carboxylic acids is 1. The third-order valence-corrected chi connectivity index (χ3v) is 9.87. The van der Waals surface area contributed by atoms with Crippen molar-refractivity contribution in [2.75, 3.05) is 20.8 Å². The molecule has 1 heterocycles. The summed E-state index contributed by atoms with van der Waals surface area (Å²) in [6.45, 7) is -0.725. The quantitative estimate of drug-likeness (QED) is 0.148. The third kappa shape index (κ3) is 8.54. The maximum Gasteiger partial charge on any atom is 0.255 e. The van der Waals surface area contributed by atoms with Crippen molar-refractivity contribution in [1.82, 2.24) is 14.5 Å². The summed E-state index contributed by atoms with van der Waals surface area (Å²) in [5.74, 6) is 0.434. The largest absolute Gasteiger partial charge is 0.493 e. The molecule has 4 rings (SSSR count). The van der Waals surface area contributed by atoms with E-state index in [9.17, 15) is 21.6 Å². The molecule has 12 nitrogen and oxygen atoms in total. The molecule has 0 bridgehead atoms. The Kier molecular flexibility index (Phi) is 10.9. The highest BCUT2D eigenvalue weighted by atomic mass is 79.9. The van der Waals surface area contributed by atoms with Gasteiger partial charge in [0.15, 0.2) is 11.5 Å². The van der Waals surface area contributed by atoms with Gasteiger partial charge in [-0.25, -0.2) is 27.0 Å². The summed E-state index contributed by atoms with van der Waals surface area (Å²) < 4.78 is 72.5. The number of hydrazone groups is 1. The zero-order valence-corrected chi connectivity index (χ0v) is 26.9. The van der Waals surface area contributed by atoms with E-state index in [-0.39, 0.29) is 34.4 Å². The minimum atomic E-state index is -4.16. The molecule has 15 heteroatoms. The van der Waals surface area contributed by atoms with E-state index in [2.05, 4.69) is 31.2 Å². The predicted octanol–water partition coefficient (Wildman–Crippen LogP) is 3.88. The number of sulfonamides is 2. The number of ether oxygens (including phenoxy) is 2. The molecule has 0 aliphatic heterocycles. The molecule has 0 radical (unpaired) electrons. The molecule has 232 valence electrons. The highest BCUT2D eigenvalue weighted by Crippen LogP contribution is 2.31. The fourth-order valence-electron chi connectivity index (χ4n) is 3.92. The average molecular weight is 706 g/mol. The summed E-state index contributed by atoms with van der Waals surface area (Å²) in [6.07, 6.45) is 1.22. The number of amides is 1. The smallest absolute Gasteiger partial charge is 0.255 e. The summed E-state index contributed by atoms with van der Waals surface area (Å²) in [6, 6.07) is 22.3. The fourth-order valence-corrected chi connectivity index (χ4v) is 6.58. The van der Waals surface area contributed by atoms with Crippen LogP contribution in [0.3, 0.4) is 0 Å². The lowest BCUT2D eigenvalue weighted by molar-refractivity contribution is -0.121. The number of rotatable bonds is 14. The standard InChI is InChI=1S/C29H29BrN4O8S2/c1-40-27-15-14-26(16-28(27)41-2)44(38,39)34(19-21-6-4-3-5-7-21)20-29(35)33-31-17-23-10-11-24(42-23)18-32-43(36,37)25-12-8-22(30)9-13-25/h3-17,32H,18-20H2,1-2H3,(H,33,35)/b31-17-. The Bertz CT molecular complexity index is 1830. The molecule has 0 atom stereocenters. The lowest BCUT2D eigenvalue weighted by Gasteiger charge is -2.22. The highest BCUT2D eigenvalue weighted by molar-refractivity contribution is 9.10. The van der Waals surface area contributed by atoms with Crippen LogP contribution in [0.4, 0.5) is 0 Å². The van der Waals surface area contributed by atoms with E-state index in [1.165, 1.54) is 50.8 Å². The predicted molar refractivity (Wildman–Crippen MR) is 166 cm³/mol. The second-order valence-electron chi connectivity index (χ2n) is 9.15. The Balaban J connectivity index is 1.41. The van der Waals surface area contributed by atoms with Crippen molar-refractivity contribution in [3.8, 4) is 11.5 Å². The summed E-state index contributed by atoms with van der Waals surface area (Å²) >= 11 is 3.27. The van der Waals surface area contributed by atoms with E-state index in [0.717, 1.165) is 8.78 Å². The number of carbonyl (C=O) groups is 1. The Hall–Kier alpha value is -4.02. The van der Waals surface area contributed by atoms with Gasteiger partial charge in [-0.1, -0.05) is 46.3 Å². The monoisotopic (exact) mass is 704 g/mol. The first-order valence-electron chi connectivity index (χ1n) is 12.9. The number of hydrogen-bond donors (Lipinski definition) is 2. The van der Waals surface area contributed by atoms with Gasteiger partial charge in [-0.3, -0.25) is 4.79 Å². The number of methoxy groups -OCH3 is 2. The molecule has 0 spiro atoms. The normalized spacial score (nSPS) is 12.0. The minimum Gasteiger partial charge on any atom is -0.493 e. The van der Waals surface area contributed by atoms with Gasteiger partial charge in [0.05, 0.1) is 43.3 Å². The molecule has 1 amide bonds. The van der Waals surface area contributed by atoms with Gasteiger partial charge >= 0.3 is 0 Å². The first-order chi connectivity index (χ1) is 21.0. The van der Waals surface area contributed by atoms with Gasteiger partial charge in [0.2, 0.25) is 20.0 Å². The molecule has 2 N–H and O–H groups in total. The SMILES string of the molecule is COc1ccc(S(=O)(=O)N(CC(=O)N/N=C\c2ccc(CNS(=O)(=O)c3ccc(Br)cc3)o2)Cc2ccccc2)cc1OC. The highest BCUT2D eigenvalue weighted by Gasteiger charge is 2.28. The molecular weight excluding hydrogens is 676 g/mol. The number of furan rings is 1. The lowest BCUT2D eigenvalue weighted by atomic mass is 10.2. The second-order valence-corrected chi connectivity index (χ2v) is 13.8. The molecular formula is C29H29BrN4O8S2. The molecule has 0 aliphatic carbocycles. The molecule has 4 aromatic rings. The van der Waals surface area contributed by atoms with Crippen LogP contribution in [-0.2, 0) is 37.9 Å². The topological polar surface area (TPSA) is 157 Å². The molecule has 0 aliphatic rings. The van der Waals surface area contributed by atoms with Crippen molar-refractivity contribution < 1.29 is 35.5 Å². The molecule has 3 aromatic carbocycles. The fraction of sp³-hybridized carbons (Fsp3) is 0.172. The van der Waals surface area contributed by atoms with Gasteiger partial charge in [-0.2, -0.15) is 9.41 Å². The van der Waals surface area contributed by atoms with Crippen molar-refractivity contribution in [3.63, 3.8) is 0 Å². The summed E-state index contributed by atoms with van der Waals surface area (Å²) in [5, 5.41) is 3.87. The molecule has 0 fully saturated rings. The van der Waals surface area contributed by atoms with Crippen LogP contribution >= 0.6 is 15.9 Å². The summed E-state index contributed by atoms with van der Waals surface area (Å²) in [4.78, 5) is 12.8. The van der Waals surface area contributed by atoms with Crippen LogP contribution in [0.2, 0.25) is 0 Å². The van der Waals surface area contributed by atoms with E-state index in [1.54, 1.807) is 54.6 Å². The van der Waals surface area contributed by atoms with E-state index < -0.39 is 32.5 Å². The number of halogens is 1. The molecule has 44 heavy (non-hydrogen) atoms. The second kappa shape index (κ2) is 14.6. The summed E-state index contributed by atoms with van der Waals surface area (Å²) in [7, 11) is -5.08. The first-order valence-corrected chi connectivity index (χ1v) is 16.7. The molecule has 0 unspecified atom stereocenters. The van der Waals surface area contributed by atoms with Crippen LogP contribution < -0.4 is 19.6 Å². The van der Waals surface area contributed by atoms with Crippen LogP contribution in [0.15, 0.2) is 109 Å². The van der Waals surface area contributed by atoms with Crippen molar-refractivity contribution in [2.45, 2.75) is 22.9 Å². The van der Waals surface area contributed by atoms with Crippen molar-refractivity contribution in [2.24, 2.45) is 5.10 Å². The third-order valence-electron chi connectivity index (χ3n) is 6.14. The van der Waals surface area contributed by atoms with E-state index in [1.807, 2.05) is 0 Å². The van der Waals surface area contributed by atoms with Gasteiger partial charge in [-0.15, -0.1) is 0 Å². The van der Waals surface area contributed by atoms with Gasteiger partial charge < -0.3 is 13.9 Å². The molecule has 1 aromatic heterocycles. The maximum absolute atomic E-state index is 13.6. The molecule has 0 saturated heterocycles. The van der Waals surface area contributed by atoms with Crippen LogP contribution in [0, 0.1) is 0 Å². The van der Waals surface area contributed by atoms with Crippen molar-refractivity contribution in [1.29, 1.82) is 0 Å². The number of nitrogens with zero attached hydrogens (tertiary/aromatic N) is 2. The van der Waals surface area contributed by atoms with Gasteiger partial charge in [-0.05, 0) is 54.1 Å². The van der Waals surface area contributed by atoms with Crippen LogP contribution in [0.25, 0.3) is 0 Å². The summed E-state index contributed by atoms with van der Waals surface area (Å²) in [5.41, 5.74) is 2.98.